The Morgan fingerprint density at radius 3 is 1.09 bits per heavy atom. The molecular weight excluding hydrogens is 540 g/mol. The normalized spacial score (nSPS) is 10.6. The van der Waals surface area contributed by atoms with E-state index < -0.39 is 0 Å². The predicted octanol–water partition coefficient (Wildman–Crippen LogP) is 10.6. The number of ether oxygens (including phenoxy) is 2. The first-order chi connectivity index (χ1) is 20.9. The third-order valence-electron chi connectivity index (χ3n) is 7.78. The van der Waals surface area contributed by atoms with Crippen molar-refractivity contribution in [2.24, 2.45) is 0 Å². The molecule has 0 atom stereocenters. The van der Waals surface area contributed by atoms with E-state index in [1.807, 2.05) is 0 Å². The molecule has 2 rings (SSSR count). The van der Waals surface area contributed by atoms with Crippen LogP contribution in [0.4, 0.5) is 0 Å². The Balaban J connectivity index is 0.000000430. The number of rotatable bonds is 23. The van der Waals surface area contributed by atoms with E-state index in [9.17, 15) is 19.8 Å². The van der Waals surface area contributed by atoms with Crippen LogP contribution in [0.2, 0.25) is 0 Å². The number of aromatic hydroxyl groups is 2. The average molecular weight is 599 g/mol. The Labute approximate surface area is 261 Å². The van der Waals surface area contributed by atoms with Gasteiger partial charge >= 0.3 is 0 Å². The van der Waals surface area contributed by atoms with Gasteiger partial charge in [0.2, 0.25) is 0 Å². The van der Waals surface area contributed by atoms with Gasteiger partial charge in [-0.05, 0) is 37.1 Å². The second-order valence-electron chi connectivity index (χ2n) is 11.4. The van der Waals surface area contributed by atoms with E-state index in [1.54, 1.807) is 31.4 Å². The molecule has 0 saturated carbocycles. The van der Waals surface area contributed by atoms with E-state index in [2.05, 4.69) is 13.8 Å². The standard InChI is InChI=1S/C19H30O3.C18H28O3/c1-3-4-5-6-7-8-9-10-11-12-18(20)17-14-13-16(22-2)15-19(17)21;1-3-4-5-6-7-8-9-10-11-17(19)16-13-12-15(21-2)14-18(16)20/h13-15,21H,3-12H2,1-2H3;12-14,20H,3-11H2,1-2H3. The molecule has 2 N–H and O–H groups in total. The fraction of sp³-hybridized carbons (Fsp3) is 0.622. The van der Waals surface area contributed by atoms with Gasteiger partial charge in [-0.3, -0.25) is 9.59 Å². The first-order valence-electron chi connectivity index (χ1n) is 16.7. The van der Waals surface area contributed by atoms with Gasteiger partial charge in [-0.1, -0.05) is 110 Å². The van der Waals surface area contributed by atoms with Crippen molar-refractivity contribution in [2.45, 2.75) is 136 Å². The number of phenols is 2. The highest BCUT2D eigenvalue weighted by molar-refractivity contribution is 5.99. The number of phenolic OH excluding ortho intramolecular Hbond substituents is 2. The Morgan fingerprint density at radius 2 is 0.814 bits per heavy atom. The van der Waals surface area contributed by atoms with Gasteiger partial charge in [0.15, 0.2) is 11.6 Å². The monoisotopic (exact) mass is 598 g/mol. The summed E-state index contributed by atoms with van der Waals surface area (Å²) in [5, 5.41) is 19.7. The number of Topliss-reactive ketones (excluding diaryl/α,β-unsaturated/α-hetero) is 2. The van der Waals surface area contributed by atoms with Gasteiger partial charge in [0.05, 0.1) is 25.3 Å². The SMILES string of the molecule is CCCCCCCCCCC(=O)c1ccc(OC)cc1O.CCCCCCCCCCCC(=O)c1ccc(OC)cc1O. The fourth-order valence-electron chi connectivity index (χ4n) is 5.03. The molecule has 0 aromatic heterocycles. The summed E-state index contributed by atoms with van der Waals surface area (Å²) in [5.74, 6) is 1.19. The number of unbranched alkanes of at least 4 members (excludes halogenated alkanes) is 15. The average Bonchev–Trinajstić information content (AvgIpc) is 3.01. The first kappa shape index (κ1) is 38.0. The molecule has 43 heavy (non-hydrogen) atoms. The third kappa shape index (κ3) is 17.0. The Bertz CT molecular complexity index is 1030. The summed E-state index contributed by atoms with van der Waals surface area (Å²) in [4.78, 5) is 24.1. The molecule has 0 radical (unpaired) electrons. The molecule has 0 aliphatic carbocycles. The second kappa shape index (κ2) is 24.4. The highest BCUT2D eigenvalue weighted by Crippen LogP contribution is 2.26. The summed E-state index contributed by atoms with van der Waals surface area (Å²) in [7, 11) is 3.08. The lowest BCUT2D eigenvalue weighted by Crippen LogP contribution is -1.99. The number of ketones is 2. The summed E-state index contributed by atoms with van der Waals surface area (Å²) in [6.07, 6.45) is 21.8. The molecule has 0 amide bonds. The fourth-order valence-corrected chi connectivity index (χ4v) is 5.03. The van der Waals surface area contributed by atoms with E-state index in [4.69, 9.17) is 9.47 Å². The minimum absolute atomic E-state index is 0.0129. The van der Waals surface area contributed by atoms with Crippen LogP contribution >= 0.6 is 0 Å². The molecule has 0 aliphatic heterocycles. The Morgan fingerprint density at radius 1 is 0.512 bits per heavy atom. The smallest absolute Gasteiger partial charge is 0.166 e. The van der Waals surface area contributed by atoms with Crippen LogP contribution < -0.4 is 9.47 Å². The van der Waals surface area contributed by atoms with Crippen molar-refractivity contribution in [3.8, 4) is 23.0 Å². The van der Waals surface area contributed by atoms with Crippen LogP contribution in [0.25, 0.3) is 0 Å². The maximum Gasteiger partial charge on any atom is 0.166 e. The molecule has 0 fully saturated rings. The number of hydrogen-bond donors (Lipinski definition) is 2. The second-order valence-corrected chi connectivity index (χ2v) is 11.4. The molecule has 2 aromatic carbocycles. The van der Waals surface area contributed by atoms with Gasteiger partial charge in [0.1, 0.15) is 23.0 Å². The molecule has 0 spiro atoms. The van der Waals surface area contributed by atoms with Crippen molar-refractivity contribution in [3.05, 3.63) is 47.5 Å². The zero-order valence-corrected chi connectivity index (χ0v) is 27.4. The van der Waals surface area contributed by atoms with Gasteiger partial charge in [-0.25, -0.2) is 0 Å². The number of carbonyl (C=O) groups is 2. The number of hydrogen-bond acceptors (Lipinski definition) is 6. The van der Waals surface area contributed by atoms with Gasteiger partial charge in [-0.15, -0.1) is 0 Å². The topological polar surface area (TPSA) is 93.1 Å². The molecule has 0 saturated heterocycles. The number of carbonyl (C=O) groups excluding carboxylic acids is 2. The summed E-state index contributed by atoms with van der Waals surface area (Å²) in [5.41, 5.74) is 0.805. The van der Waals surface area contributed by atoms with Gasteiger partial charge < -0.3 is 19.7 Å². The first-order valence-corrected chi connectivity index (χ1v) is 16.7. The Kier molecular flexibility index (Phi) is 21.6. The number of benzene rings is 2. The van der Waals surface area contributed by atoms with Crippen LogP contribution in [0.1, 0.15) is 157 Å². The zero-order valence-electron chi connectivity index (χ0n) is 27.4. The lowest BCUT2D eigenvalue weighted by molar-refractivity contribution is 0.0968. The van der Waals surface area contributed by atoms with Crippen molar-refractivity contribution in [1.29, 1.82) is 0 Å². The van der Waals surface area contributed by atoms with Crippen LogP contribution in [0.3, 0.4) is 0 Å². The molecule has 0 bridgehead atoms. The summed E-state index contributed by atoms with van der Waals surface area (Å²) in [6, 6.07) is 9.68. The minimum atomic E-state index is 0.0129. The molecule has 2 aromatic rings. The molecule has 0 heterocycles. The highest BCUT2D eigenvalue weighted by Gasteiger charge is 2.12. The largest absolute Gasteiger partial charge is 0.507 e. The van der Waals surface area contributed by atoms with E-state index >= 15 is 0 Å². The van der Waals surface area contributed by atoms with Gasteiger partial charge in [0.25, 0.3) is 0 Å². The van der Waals surface area contributed by atoms with Crippen molar-refractivity contribution < 1.29 is 29.3 Å². The van der Waals surface area contributed by atoms with Crippen molar-refractivity contribution >= 4 is 11.6 Å². The van der Waals surface area contributed by atoms with Gasteiger partial charge in [-0.2, -0.15) is 0 Å². The maximum absolute atomic E-state index is 12.1. The minimum Gasteiger partial charge on any atom is -0.507 e. The number of methoxy groups -OCH3 is 2. The summed E-state index contributed by atoms with van der Waals surface area (Å²) in [6.45, 7) is 4.46. The van der Waals surface area contributed by atoms with Crippen molar-refractivity contribution in [2.75, 3.05) is 14.2 Å². The zero-order chi connectivity index (χ0) is 31.7. The lowest BCUT2D eigenvalue weighted by atomic mass is 10.0. The molecule has 6 nitrogen and oxygen atoms in total. The quantitative estimate of drug-likeness (QED) is 0.0976. The maximum atomic E-state index is 12.1. The van der Waals surface area contributed by atoms with Crippen molar-refractivity contribution in [3.63, 3.8) is 0 Å². The highest BCUT2D eigenvalue weighted by atomic mass is 16.5. The molecule has 0 unspecified atom stereocenters. The molecule has 242 valence electrons. The summed E-state index contributed by atoms with van der Waals surface area (Å²) < 4.78 is 10.0. The molecule has 0 aliphatic rings. The van der Waals surface area contributed by atoms with Crippen molar-refractivity contribution in [1.82, 2.24) is 0 Å². The van der Waals surface area contributed by atoms with Crippen LogP contribution in [-0.4, -0.2) is 36.0 Å². The Hall–Kier alpha value is -3.02. The molecular formula is C37H58O6. The summed E-state index contributed by atoms with van der Waals surface area (Å²) >= 11 is 0. The van der Waals surface area contributed by atoms with Crippen LogP contribution in [0, 0.1) is 0 Å². The molecule has 6 heteroatoms. The van der Waals surface area contributed by atoms with E-state index in [0.717, 1.165) is 25.7 Å². The van der Waals surface area contributed by atoms with E-state index in [0.29, 0.717) is 35.5 Å². The van der Waals surface area contributed by atoms with Crippen LogP contribution in [0.15, 0.2) is 36.4 Å². The van der Waals surface area contributed by atoms with Crippen LogP contribution in [-0.2, 0) is 0 Å². The third-order valence-corrected chi connectivity index (χ3v) is 7.78. The lowest BCUT2D eigenvalue weighted by Gasteiger charge is -2.06. The van der Waals surface area contributed by atoms with E-state index in [1.165, 1.54) is 103 Å². The van der Waals surface area contributed by atoms with Gasteiger partial charge in [0, 0.05) is 25.0 Å². The predicted molar refractivity (Wildman–Crippen MR) is 177 cm³/mol. The van der Waals surface area contributed by atoms with Crippen LogP contribution in [0.5, 0.6) is 23.0 Å². The van der Waals surface area contributed by atoms with E-state index in [-0.39, 0.29) is 23.1 Å².